The third-order valence-corrected chi connectivity index (χ3v) is 3.44. The van der Waals surface area contributed by atoms with Crippen molar-refractivity contribution >= 4 is 17.9 Å². The van der Waals surface area contributed by atoms with Crippen LogP contribution in [-0.2, 0) is 9.59 Å². The van der Waals surface area contributed by atoms with E-state index in [1.807, 2.05) is 13.8 Å². The second-order valence-electron chi connectivity index (χ2n) is 5.87. The molecule has 0 aromatic heterocycles. The number of likely N-dealkylation sites (tertiary alicyclic amines) is 1. The van der Waals surface area contributed by atoms with Crippen LogP contribution in [0.4, 0.5) is 4.79 Å². The first-order valence-corrected chi connectivity index (χ1v) is 6.75. The van der Waals surface area contributed by atoms with Crippen molar-refractivity contribution in [3.05, 3.63) is 0 Å². The molecule has 1 aliphatic rings. The number of nitrogens with zero attached hydrogens (tertiary/aromatic N) is 1. The van der Waals surface area contributed by atoms with Gasteiger partial charge in [-0.1, -0.05) is 0 Å². The molecule has 114 valence electrons. The molecule has 0 saturated carbocycles. The minimum atomic E-state index is -0.904. The van der Waals surface area contributed by atoms with Gasteiger partial charge >= 0.3 is 12.0 Å². The van der Waals surface area contributed by atoms with Gasteiger partial charge in [0.05, 0.1) is 5.41 Å². The van der Waals surface area contributed by atoms with Crippen molar-refractivity contribution in [3.63, 3.8) is 0 Å². The Morgan fingerprint density at radius 2 is 1.80 bits per heavy atom. The van der Waals surface area contributed by atoms with E-state index in [1.54, 1.807) is 13.8 Å². The fourth-order valence-corrected chi connectivity index (χ4v) is 2.06. The Kier molecular flexibility index (Phi) is 4.97. The standard InChI is InChI=1S/C13H23N3O4/c1-8(2)14-10(17)9(3)15-12(20)16-6-5-13(4,7-16)11(18)19/h8-9H,5-7H2,1-4H3,(H,14,17)(H,15,20)(H,18,19). The van der Waals surface area contributed by atoms with Gasteiger partial charge in [-0.15, -0.1) is 0 Å². The van der Waals surface area contributed by atoms with Crippen molar-refractivity contribution < 1.29 is 19.5 Å². The van der Waals surface area contributed by atoms with Crippen molar-refractivity contribution in [2.75, 3.05) is 13.1 Å². The maximum Gasteiger partial charge on any atom is 0.318 e. The molecule has 1 saturated heterocycles. The molecule has 3 amide bonds. The number of carboxylic acids is 1. The van der Waals surface area contributed by atoms with Crippen LogP contribution in [0.3, 0.4) is 0 Å². The first-order chi connectivity index (χ1) is 9.15. The normalized spacial score (nSPS) is 23.6. The zero-order valence-electron chi connectivity index (χ0n) is 12.4. The second kappa shape index (κ2) is 6.11. The Balaban J connectivity index is 2.52. The van der Waals surface area contributed by atoms with Crippen LogP contribution in [0.15, 0.2) is 0 Å². The van der Waals surface area contributed by atoms with Gasteiger partial charge in [0, 0.05) is 19.1 Å². The van der Waals surface area contributed by atoms with Crippen molar-refractivity contribution in [3.8, 4) is 0 Å². The summed E-state index contributed by atoms with van der Waals surface area (Å²) in [6, 6.07) is -1.05. The van der Waals surface area contributed by atoms with Gasteiger partial charge in [0.15, 0.2) is 0 Å². The molecule has 3 N–H and O–H groups in total. The summed E-state index contributed by atoms with van der Waals surface area (Å²) >= 11 is 0. The quantitative estimate of drug-likeness (QED) is 0.696. The molecule has 2 unspecified atom stereocenters. The Hall–Kier alpha value is -1.79. The molecule has 2 atom stereocenters. The van der Waals surface area contributed by atoms with Crippen LogP contribution >= 0.6 is 0 Å². The van der Waals surface area contributed by atoms with Crippen LogP contribution in [0, 0.1) is 5.41 Å². The molecular weight excluding hydrogens is 262 g/mol. The molecule has 0 aromatic carbocycles. The van der Waals surface area contributed by atoms with E-state index in [0.29, 0.717) is 13.0 Å². The van der Waals surface area contributed by atoms with Gasteiger partial charge in [-0.2, -0.15) is 0 Å². The summed E-state index contributed by atoms with van der Waals surface area (Å²) in [4.78, 5) is 36.3. The predicted molar refractivity (Wildman–Crippen MR) is 73.2 cm³/mol. The maximum atomic E-state index is 12.0. The van der Waals surface area contributed by atoms with Gasteiger partial charge in [-0.3, -0.25) is 9.59 Å². The van der Waals surface area contributed by atoms with E-state index in [-0.39, 0.29) is 18.5 Å². The van der Waals surface area contributed by atoms with Gasteiger partial charge in [-0.25, -0.2) is 4.79 Å². The smallest absolute Gasteiger partial charge is 0.318 e. The second-order valence-corrected chi connectivity index (χ2v) is 5.87. The Bertz CT molecular complexity index is 410. The summed E-state index contributed by atoms with van der Waals surface area (Å²) in [5.41, 5.74) is -0.902. The molecular formula is C13H23N3O4. The number of aliphatic carboxylic acids is 1. The van der Waals surface area contributed by atoms with E-state index >= 15 is 0 Å². The maximum absolute atomic E-state index is 12.0. The summed E-state index contributed by atoms with van der Waals surface area (Å²) in [7, 11) is 0. The molecule has 7 heteroatoms. The summed E-state index contributed by atoms with van der Waals surface area (Å²) in [5.74, 6) is -1.16. The molecule has 0 spiro atoms. The highest BCUT2D eigenvalue weighted by atomic mass is 16.4. The highest BCUT2D eigenvalue weighted by molar-refractivity contribution is 5.87. The molecule has 20 heavy (non-hydrogen) atoms. The molecule has 1 heterocycles. The third kappa shape index (κ3) is 3.85. The molecule has 0 bridgehead atoms. The minimum Gasteiger partial charge on any atom is -0.481 e. The molecule has 1 rings (SSSR count). The Morgan fingerprint density at radius 3 is 2.25 bits per heavy atom. The predicted octanol–water partition coefficient (Wildman–Crippen LogP) is 0.406. The highest BCUT2D eigenvalue weighted by Crippen LogP contribution is 2.29. The number of amides is 3. The number of urea groups is 1. The fourth-order valence-electron chi connectivity index (χ4n) is 2.06. The van der Waals surface area contributed by atoms with Crippen LogP contribution in [0.2, 0.25) is 0 Å². The van der Waals surface area contributed by atoms with E-state index in [0.717, 1.165) is 0 Å². The van der Waals surface area contributed by atoms with Gasteiger partial charge in [0.1, 0.15) is 6.04 Å². The zero-order chi connectivity index (χ0) is 15.5. The highest BCUT2D eigenvalue weighted by Gasteiger charge is 2.42. The van der Waals surface area contributed by atoms with Gasteiger partial charge in [0.25, 0.3) is 0 Å². The number of carbonyl (C=O) groups is 3. The summed E-state index contributed by atoms with van der Waals surface area (Å²) in [6.07, 6.45) is 0.419. The monoisotopic (exact) mass is 285 g/mol. The lowest BCUT2D eigenvalue weighted by atomic mass is 9.90. The average Bonchev–Trinajstić information content (AvgIpc) is 2.72. The zero-order valence-corrected chi connectivity index (χ0v) is 12.4. The number of nitrogens with one attached hydrogen (secondary N) is 2. The number of hydrogen-bond donors (Lipinski definition) is 3. The first-order valence-electron chi connectivity index (χ1n) is 6.75. The summed E-state index contributed by atoms with van der Waals surface area (Å²) < 4.78 is 0. The van der Waals surface area contributed by atoms with Crippen LogP contribution in [0.1, 0.15) is 34.1 Å². The summed E-state index contributed by atoms with van der Waals surface area (Å²) in [6.45, 7) is 7.44. The van der Waals surface area contributed by atoms with E-state index in [2.05, 4.69) is 10.6 Å². The van der Waals surface area contributed by atoms with E-state index in [1.165, 1.54) is 4.90 Å². The van der Waals surface area contributed by atoms with Gasteiger partial charge < -0.3 is 20.6 Å². The van der Waals surface area contributed by atoms with Gasteiger partial charge in [0.2, 0.25) is 5.91 Å². The number of carbonyl (C=O) groups excluding carboxylic acids is 2. The number of hydrogen-bond acceptors (Lipinski definition) is 3. The lowest BCUT2D eigenvalue weighted by Gasteiger charge is -2.23. The van der Waals surface area contributed by atoms with Crippen molar-refractivity contribution in [1.29, 1.82) is 0 Å². The van der Waals surface area contributed by atoms with Crippen LogP contribution in [0.5, 0.6) is 0 Å². The lowest BCUT2D eigenvalue weighted by Crippen LogP contribution is -2.50. The Labute approximate surface area is 118 Å². The molecule has 0 radical (unpaired) electrons. The minimum absolute atomic E-state index is 0.00365. The SMILES string of the molecule is CC(C)NC(=O)C(C)NC(=O)N1CCC(C)(C(=O)O)C1. The molecule has 7 nitrogen and oxygen atoms in total. The molecule has 1 fully saturated rings. The van der Waals surface area contributed by atoms with E-state index in [4.69, 9.17) is 5.11 Å². The van der Waals surface area contributed by atoms with E-state index < -0.39 is 23.5 Å². The lowest BCUT2D eigenvalue weighted by molar-refractivity contribution is -0.147. The molecule has 1 aliphatic heterocycles. The topological polar surface area (TPSA) is 98.7 Å². The molecule has 0 aromatic rings. The first kappa shape index (κ1) is 16.3. The van der Waals surface area contributed by atoms with E-state index in [9.17, 15) is 14.4 Å². The largest absolute Gasteiger partial charge is 0.481 e. The number of rotatable bonds is 4. The average molecular weight is 285 g/mol. The molecule has 0 aliphatic carbocycles. The number of carboxylic acid groups (broad SMARTS) is 1. The van der Waals surface area contributed by atoms with Crippen LogP contribution in [-0.4, -0.2) is 53.1 Å². The van der Waals surface area contributed by atoms with Gasteiger partial charge in [-0.05, 0) is 34.1 Å². The fraction of sp³-hybridized carbons (Fsp3) is 0.769. The van der Waals surface area contributed by atoms with Crippen molar-refractivity contribution in [2.24, 2.45) is 5.41 Å². The summed E-state index contributed by atoms with van der Waals surface area (Å²) in [5, 5.41) is 14.4. The van der Waals surface area contributed by atoms with Crippen molar-refractivity contribution in [2.45, 2.75) is 46.2 Å². The van der Waals surface area contributed by atoms with Crippen LogP contribution < -0.4 is 10.6 Å². The van der Waals surface area contributed by atoms with Crippen LogP contribution in [0.25, 0.3) is 0 Å². The Morgan fingerprint density at radius 1 is 1.20 bits per heavy atom. The van der Waals surface area contributed by atoms with Crippen molar-refractivity contribution in [1.82, 2.24) is 15.5 Å². The third-order valence-electron chi connectivity index (χ3n) is 3.44.